The molecule has 0 N–H and O–H groups in total. The van der Waals surface area contributed by atoms with Gasteiger partial charge in [0.25, 0.3) is 0 Å². The number of aromatic nitrogens is 1. The molecular weight excluding hydrogens is 284 g/mol. The molecule has 2 nitrogen and oxygen atoms in total. The molecule has 1 heterocycles. The van der Waals surface area contributed by atoms with Gasteiger partial charge in [-0.25, -0.2) is 4.98 Å². The van der Waals surface area contributed by atoms with Crippen LogP contribution in [-0.2, 0) is 5.33 Å². The highest BCUT2D eigenvalue weighted by atomic mass is 79.9. The van der Waals surface area contributed by atoms with Crippen LogP contribution in [0, 0.1) is 0 Å². The Kier molecular flexibility index (Phi) is 6.21. The highest BCUT2D eigenvalue weighted by Crippen LogP contribution is 2.21. The van der Waals surface area contributed by atoms with Gasteiger partial charge in [-0.1, -0.05) is 22.0 Å². The third-order valence-corrected chi connectivity index (χ3v) is 3.99. The van der Waals surface area contributed by atoms with Crippen molar-refractivity contribution in [3.05, 3.63) is 23.9 Å². The predicted molar refractivity (Wildman–Crippen MR) is 77.7 cm³/mol. The molecule has 0 aromatic carbocycles. The minimum Gasteiger partial charge on any atom is -0.357 e. The van der Waals surface area contributed by atoms with Crippen molar-refractivity contribution in [3.63, 3.8) is 0 Å². The largest absolute Gasteiger partial charge is 0.357 e. The molecular formula is C12H19BrN2S. The zero-order valence-electron chi connectivity index (χ0n) is 10.1. The molecule has 1 rings (SSSR count). The minimum atomic E-state index is 0.528. The Morgan fingerprint density at radius 2 is 2.31 bits per heavy atom. The van der Waals surface area contributed by atoms with Crippen molar-refractivity contribution in [1.82, 2.24) is 4.98 Å². The molecule has 1 atom stereocenters. The van der Waals surface area contributed by atoms with E-state index in [1.807, 2.05) is 24.0 Å². The van der Waals surface area contributed by atoms with Crippen LogP contribution in [0.2, 0.25) is 0 Å². The number of hydrogen-bond acceptors (Lipinski definition) is 3. The smallest absolute Gasteiger partial charge is 0.132 e. The summed E-state index contributed by atoms with van der Waals surface area (Å²) in [5.74, 6) is 2.29. The Hall–Kier alpha value is -0.220. The molecule has 1 aromatic rings. The Morgan fingerprint density at radius 1 is 1.56 bits per heavy atom. The number of rotatable bonds is 6. The Bertz CT molecular complexity index is 320. The molecule has 0 fully saturated rings. The van der Waals surface area contributed by atoms with E-state index in [4.69, 9.17) is 0 Å². The van der Waals surface area contributed by atoms with Gasteiger partial charge in [0.1, 0.15) is 5.82 Å². The number of halogens is 1. The fraction of sp³-hybridized carbons (Fsp3) is 0.583. The highest BCUT2D eigenvalue weighted by Gasteiger charge is 2.13. The van der Waals surface area contributed by atoms with Gasteiger partial charge in [0.2, 0.25) is 0 Å². The molecule has 0 saturated carbocycles. The SMILES string of the molecule is CSCCC(C)N(C)c1ncccc1CBr. The van der Waals surface area contributed by atoms with Gasteiger partial charge in [0, 0.05) is 30.2 Å². The van der Waals surface area contributed by atoms with Crippen molar-refractivity contribution in [2.24, 2.45) is 0 Å². The molecule has 0 aliphatic heterocycles. The van der Waals surface area contributed by atoms with Crippen LogP contribution in [0.25, 0.3) is 0 Å². The summed E-state index contributed by atoms with van der Waals surface area (Å²) >= 11 is 5.40. The van der Waals surface area contributed by atoms with Crippen LogP contribution >= 0.6 is 27.7 Å². The van der Waals surface area contributed by atoms with Gasteiger partial charge >= 0.3 is 0 Å². The van der Waals surface area contributed by atoms with Crippen LogP contribution in [0.3, 0.4) is 0 Å². The lowest BCUT2D eigenvalue weighted by Crippen LogP contribution is -2.30. The van der Waals surface area contributed by atoms with Gasteiger partial charge < -0.3 is 4.90 Å². The number of pyridine rings is 1. The van der Waals surface area contributed by atoms with Crippen molar-refractivity contribution < 1.29 is 0 Å². The molecule has 4 heteroatoms. The van der Waals surface area contributed by atoms with E-state index in [0.717, 1.165) is 11.1 Å². The molecule has 0 aliphatic carbocycles. The van der Waals surface area contributed by atoms with Gasteiger partial charge in [-0.15, -0.1) is 0 Å². The molecule has 0 aliphatic rings. The minimum absolute atomic E-state index is 0.528. The summed E-state index contributed by atoms with van der Waals surface area (Å²) in [5.41, 5.74) is 1.25. The third-order valence-electron chi connectivity index (χ3n) is 2.75. The molecule has 0 radical (unpaired) electrons. The average Bonchev–Trinajstić information content (AvgIpc) is 2.34. The Labute approximate surface area is 111 Å². The molecule has 0 spiro atoms. The van der Waals surface area contributed by atoms with Crippen LogP contribution < -0.4 is 4.90 Å². The second-order valence-corrected chi connectivity index (χ2v) is 5.41. The molecule has 90 valence electrons. The van der Waals surface area contributed by atoms with E-state index in [1.165, 1.54) is 17.7 Å². The van der Waals surface area contributed by atoms with Crippen molar-refractivity contribution in [2.75, 3.05) is 24.0 Å². The van der Waals surface area contributed by atoms with Gasteiger partial charge in [-0.3, -0.25) is 0 Å². The van der Waals surface area contributed by atoms with Gasteiger partial charge in [0.15, 0.2) is 0 Å². The van der Waals surface area contributed by atoms with Gasteiger partial charge in [-0.05, 0) is 31.4 Å². The van der Waals surface area contributed by atoms with Gasteiger partial charge in [-0.2, -0.15) is 11.8 Å². The van der Waals surface area contributed by atoms with Crippen LogP contribution in [0.4, 0.5) is 5.82 Å². The average molecular weight is 303 g/mol. The third kappa shape index (κ3) is 3.67. The van der Waals surface area contributed by atoms with Crippen LogP contribution in [0.15, 0.2) is 18.3 Å². The monoisotopic (exact) mass is 302 g/mol. The van der Waals surface area contributed by atoms with E-state index in [2.05, 4.69) is 52.1 Å². The normalized spacial score (nSPS) is 12.5. The summed E-state index contributed by atoms with van der Waals surface area (Å²) in [6, 6.07) is 4.63. The van der Waals surface area contributed by atoms with E-state index in [9.17, 15) is 0 Å². The second-order valence-electron chi connectivity index (χ2n) is 3.86. The molecule has 1 unspecified atom stereocenters. The van der Waals surface area contributed by atoms with Crippen molar-refractivity contribution in [3.8, 4) is 0 Å². The lowest BCUT2D eigenvalue weighted by Gasteiger charge is -2.27. The fourth-order valence-electron chi connectivity index (χ4n) is 1.54. The quantitative estimate of drug-likeness (QED) is 0.748. The lowest BCUT2D eigenvalue weighted by molar-refractivity contribution is 0.660. The van der Waals surface area contributed by atoms with Crippen molar-refractivity contribution in [1.29, 1.82) is 0 Å². The summed E-state index contributed by atoms with van der Waals surface area (Å²) in [7, 11) is 2.12. The maximum absolute atomic E-state index is 4.47. The number of thioether (sulfide) groups is 1. The summed E-state index contributed by atoms with van der Waals surface area (Å²) in [5, 5.41) is 0.857. The van der Waals surface area contributed by atoms with Crippen molar-refractivity contribution in [2.45, 2.75) is 24.7 Å². The fourth-order valence-corrected chi connectivity index (χ4v) is 2.56. The first-order valence-electron chi connectivity index (χ1n) is 5.42. The number of hydrogen-bond donors (Lipinski definition) is 0. The predicted octanol–water partition coefficient (Wildman–Crippen LogP) is 3.55. The summed E-state index contributed by atoms with van der Waals surface area (Å²) in [6.07, 6.45) is 5.20. The first-order valence-corrected chi connectivity index (χ1v) is 7.93. The van der Waals surface area contributed by atoms with Gasteiger partial charge in [0.05, 0.1) is 0 Å². The number of nitrogens with zero attached hydrogens (tertiary/aromatic N) is 2. The Balaban J connectivity index is 2.74. The number of anilines is 1. The standard InChI is InChI=1S/C12H19BrN2S/c1-10(6-8-16-3)15(2)12-11(9-13)5-4-7-14-12/h4-5,7,10H,6,8-9H2,1-3H3. The highest BCUT2D eigenvalue weighted by molar-refractivity contribution is 9.08. The molecule has 0 saturated heterocycles. The van der Waals surface area contributed by atoms with Crippen LogP contribution in [0.5, 0.6) is 0 Å². The first-order chi connectivity index (χ1) is 7.70. The Morgan fingerprint density at radius 3 is 2.94 bits per heavy atom. The topological polar surface area (TPSA) is 16.1 Å². The maximum Gasteiger partial charge on any atom is 0.132 e. The van der Waals surface area contributed by atoms with E-state index >= 15 is 0 Å². The zero-order chi connectivity index (χ0) is 12.0. The van der Waals surface area contributed by atoms with Crippen LogP contribution in [-0.4, -0.2) is 30.1 Å². The molecule has 1 aromatic heterocycles. The van der Waals surface area contributed by atoms with Crippen LogP contribution in [0.1, 0.15) is 18.9 Å². The number of alkyl halides is 1. The van der Waals surface area contributed by atoms with E-state index in [0.29, 0.717) is 6.04 Å². The zero-order valence-corrected chi connectivity index (χ0v) is 12.5. The lowest BCUT2D eigenvalue weighted by atomic mass is 10.2. The summed E-state index contributed by atoms with van der Waals surface area (Å²) < 4.78 is 0. The molecule has 0 bridgehead atoms. The maximum atomic E-state index is 4.47. The van der Waals surface area contributed by atoms with E-state index in [1.54, 1.807) is 0 Å². The first kappa shape index (κ1) is 13.8. The van der Waals surface area contributed by atoms with E-state index in [-0.39, 0.29) is 0 Å². The second kappa shape index (κ2) is 7.17. The molecule has 16 heavy (non-hydrogen) atoms. The summed E-state index contributed by atoms with van der Waals surface area (Å²) in [6.45, 7) is 2.25. The van der Waals surface area contributed by atoms with E-state index < -0.39 is 0 Å². The summed E-state index contributed by atoms with van der Waals surface area (Å²) in [4.78, 5) is 6.74. The molecule has 0 amide bonds. The van der Waals surface area contributed by atoms with Crippen molar-refractivity contribution >= 4 is 33.5 Å².